The minimum absolute atomic E-state index is 0.143. The molecule has 0 saturated heterocycles. The normalized spacial score (nSPS) is 15.1. The fraction of sp³-hybridized carbons (Fsp3) is 0.368. The van der Waals surface area contributed by atoms with Gasteiger partial charge in [0.2, 0.25) is 0 Å². The number of ether oxygens (including phenoxy) is 1. The maximum atomic E-state index is 11.5. The van der Waals surface area contributed by atoms with E-state index in [9.17, 15) is 9.32 Å². The average molecular weight is 347 g/mol. The fourth-order valence-corrected chi connectivity index (χ4v) is 3.10. The van der Waals surface area contributed by atoms with Gasteiger partial charge in [-0.2, -0.15) is 0 Å². The van der Waals surface area contributed by atoms with Gasteiger partial charge in [-0.15, -0.1) is 0 Å². The highest BCUT2D eigenvalue weighted by Crippen LogP contribution is 2.24. The van der Waals surface area contributed by atoms with Crippen LogP contribution in [0.15, 0.2) is 53.4 Å². The minimum atomic E-state index is -0.964. The minimum Gasteiger partial charge on any atom is -0.497 e. The van der Waals surface area contributed by atoms with Crippen molar-refractivity contribution in [3.05, 3.63) is 59.7 Å². The first-order valence-electron chi connectivity index (χ1n) is 7.88. The number of nitrogens with zero attached hydrogens (tertiary/aromatic N) is 1. The van der Waals surface area contributed by atoms with E-state index >= 15 is 0 Å². The maximum absolute atomic E-state index is 11.5. The Hall–Kier alpha value is -1.69. The summed E-state index contributed by atoms with van der Waals surface area (Å²) in [7, 11) is 2.64. The van der Waals surface area contributed by atoms with Crippen LogP contribution in [0.1, 0.15) is 30.2 Å². The lowest BCUT2D eigenvalue weighted by Crippen LogP contribution is -2.27. The Morgan fingerprint density at radius 3 is 2.42 bits per heavy atom. The van der Waals surface area contributed by atoms with E-state index < -0.39 is 16.9 Å². The lowest BCUT2D eigenvalue weighted by molar-refractivity contribution is 0.108. The summed E-state index contributed by atoms with van der Waals surface area (Å²) in [6.07, 6.45) is 1.09. The zero-order valence-electron chi connectivity index (χ0n) is 14.6. The molecule has 0 aliphatic rings. The summed E-state index contributed by atoms with van der Waals surface area (Å²) in [5.74, 6) is 0.741. The highest BCUT2D eigenvalue weighted by molar-refractivity contribution is 7.84. The number of aliphatic hydroxyl groups is 1. The lowest BCUT2D eigenvalue weighted by Gasteiger charge is -2.27. The Balaban J connectivity index is 2.04. The number of methoxy groups -OCH3 is 1. The first kappa shape index (κ1) is 18.6. The summed E-state index contributed by atoms with van der Waals surface area (Å²) >= 11 is 0. The summed E-state index contributed by atoms with van der Waals surface area (Å²) in [5.41, 5.74) is 1.97. The number of rotatable bonds is 7. The molecule has 0 radical (unpaired) electrons. The smallest absolute Gasteiger partial charge is 0.119 e. The summed E-state index contributed by atoms with van der Waals surface area (Å²) < 4.78 is 16.7. The third kappa shape index (κ3) is 4.66. The molecule has 2 aromatic carbocycles. The molecule has 0 aliphatic carbocycles. The zero-order valence-corrected chi connectivity index (χ0v) is 15.4. The van der Waals surface area contributed by atoms with Gasteiger partial charge in [0.25, 0.3) is 0 Å². The number of hydrogen-bond donors (Lipinski definition) is 1. The summed E-state index contributed by atoms with van der Waals surface area (Å²) in [5, 5.41) is 10.5. The van der Waals surface area contributed by atoms with Crippen LogP contribution in [0.25, 0.3) is 0 Å². The number of benzene rings is 2. The van der Waals surface area contributed by atoms with Gasteiger partial charge >= 0.3 is 0 Å². The molecule has 0 aromatic heterocycles. The molecule has 3 unspecified atom stereocenters. The molecular weight excluding hydrogens is 322 g/mol. The maximum Gasteiger partial charge on any atom is 0.119 e. The van der Waals surface area contributed by atoms with E-state index in [1.165, 1.54) is 0 Å². The van der Waals surface area contributed by atoms with Crippen molar-refractivity contribution in [3.63, 3.8) is 0 Å². The number of aliphatic hydroxyl groups excluding tert-OH is 1. The standard InChI is InChI=1S/C19H25NO3S/c1-14(15-8-10-18(11-9-15)24(4)22)20(2)13-19(21)16-6-5-7-17(12-16)23-3/h5-12,14,19,21H,13H2,1-4H3. The quantitative estimate of drug-likeness (QED) is 0.836. The molecule has 3 atom stereocenters. The summed E-state index contributed by atoms with van der Waals surface area (Å²) in [4.78, 5) is 2.92. The van der Waals surface area contributed by atoms with Crippen LogP contribution >= 0.6 is 0 Å². The fourth-order valence-electron chi connectivity index (χ4n) is 2.58. The molecule has 2 aromatic rings. The van der Waals surface area contributed by atoms with Gasteiger partial charge in [0.15, 0.2) is 0 Å². The Kier molecular flexibility index (Phi) is 6.54. The van der Waals surface area contributed by atoms with Crippen molar-refractivity contribution in [1.29, 1.82) is 0 Å². The SMILES string of the molecule is COc1cccc(C(O)CN(C)C(C)c2ccc(S(C)=O)cc2)c1. The van der Waals surface area contributed by atoms with Crippen LogP contribution in [0.5, 0.6) is 5.75 Å². The molecule has 1 N–H and O–H groups in total. The van der Waals surface area contributed by atoms with Gasteiger partial charge in [0.1, 0.15) is 5.75 Å². The number of likely N-dealkylation sites (N-methyl/N-ethyl adjacent to an activating group) is 1. The Bertz CT molecular complexity index is 687. The number of hydrogen-bond acceptors (Lipinski definition) is 4. The van der Waals surface area contributed by atoms with Crippen molar-refractivity contribution in [1.82, 2.24) is 4.90 Å². The van der Waals surface area contributed by atoms with Gasteiger partial charge in [-0.1, -0.05) is 24.3 Å². The van der Waals surface area contributed by atoms with Crippen molar-refractivity contribution < 1.29 is 14.1 Å². The molecule has 24 heavy (non-hydrogen) atoms. The van der Waals surface area contributed by atoms with Gasteiger partial charge in [0, 0.05) is 34.5 Å². The van der Waals surface area contributed by atoms with Crippen LogP contribution in [0.4, 0.5) is 0 Å². The molecule has 2 rings (SSSR count). The molecule has 0 saturated carbocycles. The van der Waals surface area contributed by atoms with Crippen molar-refractivity contribution >= 4 is 10.8 Å². The largest absolute Gasteiger partial charge is 0.497 e. The van der Waals surface area contributed by atoms with E-state index in [1.807, 2.05) is 55.6 Å². The zero-order chi connectivity index (χ0) is 17.7. The molecule has 0 bridgehead atoms. The van der Waals surface area contributed by atoms with Crippen molar-refractivity contribution in [2.24, 2.45) is 0 Å². The first-order chi connectivity index (χ1) is 11.4. The van der Waals surface area contributed by atoms with Crippen LogP contribution in [0.2, 0.25) is 0 Å². The Morgan fingerprint density at radius 2 is 1.83 bits per heavy atom. The van der Waals surface area contributed by atoms with Gasteiger partial charge in [-0.05, 0) is 49.4 Å². The van der Waals surface area contributed by atoms with Crippen LogP contribution in [0, 0.1) is 0 Å². The van der Waals surface area contributed by atoms with E-state index in [4.69, 9.17) is 4.74 Å². The molecule has 0 spiro atoms. The molecule has 0 heterocycles. The van der Waals surface area contributed by atoms with Crippen molar-refractivity contribution in [2.45, 2.75) is 24.0 Å². The summed E-state index contributed by atoms with van der Waals surface area (Å²) in [6.45, 7) is 2.60. The van der Waals surface area contributed by atoms with Crippen LogP contribution < -0.4 is 4.74 Å². The average Bonchev–Trinajstić information content (AvgIpc) is 2.61. The topological polar surface area (TPSA) is 49.8 Å². The van der Waals surface area contributed by atoms with Gasteiger partial charge in [0.05, 0.1) is 13.2 Å². The van der Waals surface area contributed by atoms with E-state index in [0.29, 0.717) is 6.54 Å². The highest BCUT2D eigenvalue weighted by atomic mass is 32.2. The lowest BCUT2D eigenvalue weighted by atomic mass is 10.0. The second-order valence-corrected chi connectivity index (χ2v) is 7.31. The highest BCUT2D eigenvalue weighted by Gasteiger charge is 2.17. The van der Waals surface area contributed by atoms with Crippen LogP contribution in [-0.2, 0) is 10.8 Å². The van der Waals surface area contributed by atoms with E-state index in [2.05, 4.69) is 11.8 Å². The predicted octanol–water partition coefficient (Wildman–Crippen LogP) is 3.16. The van der Waals surface area contributed by atoms with Crippen molar-refractivity contribution in [3.8, 4) is 5.75 Å². The second kappa shape index (κ2) is 8.42. The van der Waals surface area contributed by atoms with Crippen LogP contribution in [-0.4, -0.2) is 41.2 Å². The van der Waals surface area contributed by atoms with Gasteiger partial charge in [-0.3, -0.25) is 9.11 Å². The second-order valence-electron chi connectivity index (χ2n) is 5.93. The van der Waals surface area contributed by atoms with E-state index in [-0.39, 0.29) is 6.04 Å². The molecule has 5 heteroatoms. The predicted molar refractivity (Wildman–Crippen MR) is 97.8 cm³/mol. The molecule has 0 fully saturated rings. The monoisotopic (exact) mass is 347 g/mol. The molecule has 130 valence electrons. The van der Waals surface area contributed by atoms with Crippen molar-refractivity contribution in [2.75, 3.05) is 27.0 Å². The summed E-state index contributed by atoms with van der Waals surface area (Å²) in [6, 6.07) is 15.4. The first-order valence-corrected chi connectivity index (χ1v) is 9.44. The third-order valence-corrected chi connectivity index (χ3v) is 5.23. The van der Waals surface area contributed by atoms with E-state index in [0.717, 1.165) is 21.8 Å². The van der Waals surface area contributed by atoms with Gasteiger partial charge < -0.3 is 9.84 Å². The molecule has 4 nitrogen and oxygen atoms in total. The Morgan fingerprint density at radius 1 is 1.17 bits per heavy atom. The van der Waals surface area contributed by atoms with Gasteiger partial charge in [-0.25, -0.2) is 0 Å². The third-order valence-electron chi connectivity index (χ3n) is 4.30. The molecule has 0 aliphatic heterocycles. The Labute approximate surface area is 146 Å². The molecular formula is C19H25NO3S. The van der Waals surface area contributed by atoms with E-state index in [1.54, 1.807) is 13.4 Å². The van der Waals surface area contributed by atoms with Crippen LogP contribution in [0.3, 0.4) is 0 Å². The molecule has 0 amide bonds.